The number of hydrogen-bond donors (Lipinski definition) is 8. The zero-order valence-corrected chi connectivity index (χ0v) is 75.1. The molecule has 16 rings (SSSR count). The van der Waals surface area contributed by atoms with Crippen molar-refractivity contribution in [2.24, 2.45) is 0 Å². The molecule has 12 aromatic rings. The minimum atomic E-state index is -4.57. The minimum absolute atomic E-state index is 0.00287. The number of nitrogens with zero attached hydrogens (tertiary/aromatic N) is 10. The largest absolute Gasteiger partial charge is 0.416 e. The first-order valence-electron chi connectivity index (χ1n) is 44.2. The summed E-state index contributed by atoms with van der Waals surface area (Å²) in [7, 11) is 3.52. The molecule has 6 heterocycles. The van der Waals surface area contributed by atoms with Crippen molar-refractivity contribution in [2.75, 3.05) is 74.9 Å². The number of ketones is 2. The van der Waals surface area contributed by atoms with Gasteiger partial charge in [-0.15, -0.1) is 0 Å². The molecule has 38 heteroatoms. The van der Waals surface area contributed by atoms with Crippen LogP contribution in [0.5, 0.6) is 0 Å². The lowest BCUT2D eigenvalue weighted by Gasteiger charge is -2.29. The van der Waals surface area contributed by atoms with Crippen molar-refractivity contribution in [1.82, 2.24) is 48.0 Å². The maximum absolute atomic E-state index is 14.8. The van der Waals surface area contributed by atoms with Gasteiger partial charge >= 0.3 is 6.18 Å². The monoisotopic (exact) mass is 1900 g/mol. The van der Waals surface area contributed by atoms with Gasteiger partial charge in [0.15, 0.2) is 5.78 Å². The number of halogens is 12. The van der Waals surface area contributed by atoms with Gasteiger partial charge in [-0.1, -0.05) is 91.4 Å². The van der Waals surface area contributed by atoms with Crippen LogP contribution < -0.4 is 21.3 Å². The highest BCUT2D eigenvalue weighted by molar-refractivity contribution is 6.23. The van der Waals surface area contributed by atoms with Gasteiger partial charge in [0.1, 0.15) is 22.8 Å². The minimum Gasteiger partial charge on any atom is -0.396 e. The number of aryl methyl sites for hydroxylation is 1. The van der Waals surface area contributed by atoms with Crippen molar-refractivity contribution in [3.05, 3.63) is 255 Å². The van der Waals surface area contributed by atoms with Gasteiger partial charge < -0.3 is 48.5 Å². The number of aliphatic hydroxyl groups excluding tert-OH is 4. The number of amides is 6. The SMILES string of the molecule is CN1CCC[C@@H](c2ccc3c(c2)nc(NC(=O)c2cccc(C(F)F)c2)n3C[C@](C)(F)CO)C1=O.CN1CCC[C@H](c2ccc3c(c2)nc(NC(=O)c2cccc(C(F)F)c2)n3C[C@@](C)(F)CO)C1=O.C[C@@](F)(CO)Cn1c(NC(=O)c2cccc(C(F)F)c2)nc2cc(C3CCCCC3=O)ccc21.O=C1CC=CC=C1c1ccc2c(c1)nc(NC(=O)c1cccc(C(F)(F)F)c1)n2CCCO. The number of aliphatic hydroxyl groups is 4. The maximum atomic E-state index is 14.8. The van der Waals surface area contributed by atoms with Crippen LogP contribution in [-0.2, 0) is 51.5 Å². The highest BCUT2D eigenvalue weighted by atomic mass is 19.4. The number of benzene rings is 8. The Morgan fingerprint density at radius 3 is 1.16 bits per heavy atom. The molecular weight excluding hydrogens is 1810 g/mol. The number of carbonyl (C=O) groups excluding carboxylic acids is 8. The van der Waals surface area contributed by atoms with E-state index >= 15 is 0 Å². The second-order valence-corrected chi connectivity index (χ2v) is 34.9. The van der Waals surface area contributed by atoms with Crippen LogP contribution in [0.2, 0.25) is 0 Å². The van der Waals surface area contributed by atoms with Gasteiger partial charge in [-0.3, -0.25) is 59.6 Å². The summed E-state index contributed by atoms with van der Waals surface area (Å²) < 4.78 is 168. The third-order valence-electron chi connectivity index (χ3n) is 24.0. The molecule has 26 nitrogen and oxygen atoms in total. The van der Waals surface area contributed by atoms with E-state index in [1.807, 2.05) is 6.08 Å². The number of alkyl halides is 12. The quantitative estimate of drug-likeness (QED) is 0.0222. The molecule has 8 N–H and O–H groups in total. The van der Waals surface area contributed by atoms with Crippen LogP contribution in [0.3, 0.4) is 0 Å². The fourth-order valence-electron chi connectivity index (χ4n) is 16.6. The molecule has 0 bridgehead atoms. The second-order valence-electron chi connectivity index (χ2n) is 34.9. The Morgan fingerprint density at radius 2 is 0.788 bits per heavy atom. The summed E-state index contributed by atoms with van der Waals surface area (Å²) in [5, 5.41) is 48.0. The average Bonchev–Trinajstić information content (AvgIpc) is 1.65. The first-order valence-corrected chi connectivity index (χ1v) is 44.2. The summed E-state index contributed by atoms with van der Waals surface area (Å²) in [6.07, 6.45) is -0.489. The van der Waals surface area contributed by atoms with Gasteiger partial charge in [-0.2, -0.15) is 13.2 Å². The number of imidazole rings is 4. The van der Waals surface area contributed by atoms with Crippen molar-refractivity contribution in [3.8, 4) is 0 Å². The normalized spacial score (nSPS) is 17.2. The standard InChI is InChI=1S/2C25H27F3N4O3.C25H26F3N3O3.C24H20F3N3O3/c2*1-25(28,14-33)13-32-20-9-8-15(18-7-4-10-31(2)23(18)35)12-19(20)29-24(32)30-22(34)17-6-3-5-16(11-17)21(26)27;1-25(28,14-32)13-31-20-10-9-15(18-7-2-3-8-21(18)33)12-19(20)29-24(31)30-23(34)17-6-4-5-16(11-17)22(26)27;25-24(26,27)17-6-3-5-16(13-17)22(33)29-23-28-19-14-15(18-7-1-2-8-21(18)32)9-10-20(19)30(23)11-4-12-31/h2*3,5-6,8-9,11-12,18,21,33H,4,7,10,13-14H2,1-2H3,(H,29,30,34);4-6,9-12,18,22,32H,2-3,7-8,13-14H2,1H3,(H,29,30,34);1-3,5-7,9-10,13-14,31H,4,8,11-12H2,(H,28,29,33)/t2*18-,25-;18?,25-;/m100./s1. The number of piperidine rings is 2. The molecule has 4 aliphatic rings. The van der Waals surface area contributed by atoms with Gasteiger partial charge in [0.25, 0.3) is 42.9 Å². The van der Waals surface area contributed by atoms with Crippen LogP contribution in [0.1, 0.15) is 208 Å². The van der Waals surface area contributed by atoms with E-state index in [4.69, 9.17) is 0 Å². The summed E-state index contributed by atoms with van der Waals surface area (Å²) in [6, 6.07) is 40.4. The fraction of sp³-hybridized carbons (Fsp3) is 0.354. The van der Waals surface area contributed by atoms with Crippen LogP contribution in [0.4, 0.5) is 76.5 Å². The molecule has 1 unspecified atom stereocenters. The highest BCUT2D eigenvalue weighted by Gasteiger charge is 2.37. The summed E-state index contributed by atoms with van der Waals surface area (Å²) in [4.78, 5) is 122. The van der Waals surface area contributed by atoms with E-state index in [9.17, 15) is 111 Å². The molecule has 8 aromatic carbocycles. The summed E-state index contributed by atoms with van der Waals surface area (Å²) in [5.41, 5.74) is -0.366. The molecular formula is C99H100F12N14O12. The van der Waals surface area contributed by atoms with Gasteiger partial charge in [0.2, 0.25) is 35.6 Å². The number of likely N-dealkylation sites (N-methyl/N-ethyl adjacent to an activating group) is 2. The van der Waals surface area contributed by atoms with E-state index < -0.39 is 91.5 Å². The van der Waals surface area contributed by atoms with Crippen molar-refractivity contribution in [3.63, 3.8) is 0 Å². The molecule has 137 heavy (non-hydrogen) atoms. The van der Waals surface area contributed by atoms with Crippen LogP contribution in [0.25, 0.3) is 49.7 Å². The molecule has 2 aliphatic heterocycles. The highest BCUT2D eigenvalue weighted by Crippen LogP contribution is 2.40. The number of carbonyl (C=O) groups is 8. The predicted molar refractivity (Wildman–Crippen MR) is 490 cm³/mol. The van der Waals surface area contributed by atoms with Crippen molar-refractivity contribution in [1.29, 1.82) is 0 Å². The number of allylic oxidation sites excluding steroid dienone is 4. The zero-order valence-electron chi connectivity index (χ0n) is 75.1. The number of hydrogen-bond acceptors (Lipinski definition) is 16. The number of fused-ring (bicyclic) bond motifs is 4. The number of aromatic nitrogens is 8. The average molecular weight is 1910 g/mol. The first kappa shape index (κ1) is 101. The van der Waals surface area contributed by atoms with E-state index in [1.165, 1.54) is 101 Å². The number of Topliss-reactive ketones (excluding diaryl/α,β-unsaturated/α-hetero) is 2. The van der Waals surface area contributed by atoms with Gasteiger partial charge in [-0.05, 0) is 191 Å². The molecule has 2 saturated heterocycles. The van der Waals surface area contributed by atoms with Crippen LogP contribution >= 0.6 is 0 Å². The lowest BCUT2D eigenvalue weighted by molar-refractivity contribution is -0.137. The molecule has 0 spiro atoms. The van der Waals surface area contributed by atoms with E-state index in [-0.39, 0.29) is 130 Å². The fourth-order valence-corrected chi connectivity index (χ4v) is 16.6. The van der Waals surface area contributed by atoms with Crippen LogP contribution in [-0.4, -0.2) is 186 Å². The van der Waals surface area contributed by atoms with Crippen LogP contribution in [0, 0.1) is 0 Å². The summed E-state index contributed by atoms with van der Waals surface area (Å²) in [5.74, 6) is -3.27. The van der Waals surface area contributed by atoms with E-state index in [2.05, 4.69) is 41.2 Å². The molecule has 4 aromatic heterocycles. The van der Waals surface area contributed by atoms with Crippen molar-refractivity contribution < 1.29 is 111 Å². The Kier molecular flexibility index (Phi) is 31.7. The first-order chi connectivity index (χ1) is 65.1. The Morgan fingerprint density at radius 1 is 0.431 bits per heavy atom. The number of rotatable bonds is 27. The van der Waals surface area contributed by atoms with E-state index in [1.54, 1.807) is 113 Å². The van der Waals surface area contributed by atoms with E-state index in [0.717, 1.165) is 79.1 Å². The topological polar surface area (TPSA) is 343 Å². The molecule has 6 atom stereocenters. The third kappa shape index (κ3) is 24.2. The molecule has 0 radical (unpaired) electrons. The summed E-state index contributed by atoms with van der Waals surface area (Å²) >= 11 is 0. The molecule has 2 aliphatic carbocycles. The lowest BCUT2D eigenvalue weighted by Crippen LogP contribution is -2.36. The number of likely N-dealkylation sites (tertiary alicyclic amines) is 2. The predicted octanol–water partition coefficient (Wildman–Crippen LogP) is 18.3. The van der Waals surface area contributed by atoms with Gasteiger partial charge in [0, 0.05) is 104 Å². The second kappa shape index (κ2) is 43.1. The Labute approximate surface area is 777 Å². The van der Waals surface area contributed by atoms with Gasteiger partial charge in [-0.25, -0.2) is 59.4 Å². The Hall–Kier alpha value is -13.7. The third-order valence-corrected chi connectivity index (χ3v) is 24.0. The Balaban J connectivity index is 0.000000154. The molecule has 1 saturated carbocycles. The number of nitrogens with one attached hydrogen (secondary N) is 4. The van der Waals surface area contributed by atoms with Crippen molar-refractivity contribution in [2.45, 2.75) is 171 Å². The molecule has 3 fully saturated rings. The van der Waals surface area contributed by atoms with Crippen molar-refractivity contribution >= 4 is 121 Å². The summed E-state index contributed by atoms with van der Waals surface area (Å²) in [6.45, 7) is 2.15. The smallest absolute Gasteiger partial charge is 0.396 e. The molecule has 722 valence electrons. The van der Waals surface area contributed by atoms with Crippen LogP contribution in [0.15, 0.2) is 188 Å². The molecule has 6 amide bonds. The maximum Gasteiger partial charge on any atom is 0.416 e. The zero-order chi connectivity index (χ0) is 98.7. The van der Waals surface area contributed by atoms with Gasteiger partial charge in [0.05, 0.1) is 101 Å². The Bertz CT molecular complexity index is 6390. The van der Waals surface area contributed by atoms with E-state index in [0.29, 0.717) is 107 Å². The lowest BCUT2D eigenvalue weighted by atomic mass is 9.83. The number of anilines is 4.